The molecule has 1 amide bonds. The fourth-order valence-corrected chi connectivity index (χ4v) is 4.22. The first-order valence-corrected chi connectivity index (χ1v) is 9.72. The van der Waals surface area contributed by atoms with Gasteiger partial charge in [-0.2, -0.15) is 5.10 Å². The molecule has 2 aliphatic rings. The van der Waals surface area contributed by atoms with Crippen molar-refractivity contribution >= 4 is 23.4 Å². The molecule has 0 aliphatic carbocycles. The first-order valence-electron chi connectivity index (χ1n) is 9.72. The van der Waals surface area contributed by atoms with Gasteiger partial charge in [0, 0.05) is 49.3 Å². The third-order valence-corrected chi connectivity index (χ3v) is 5.49. The lowest BCUT2D eigenvalue weighted by Gasteiger charge is -2.33. The van der Waals surface area contributed by atoms with Gasteiger partial charge >= 0.3 is 5.97 Å². The summed E-state index contributed by atoms with van der Waals surface area (Å²) in [5.41, 5.74) is 2.71. The van der Waals surface area contributed by atoms with Gasteiger partial charge in [0.2, 0.25) is 5.91 Å². The Morgan fingerprint density at radius 3 is 2.68 bits per heavy atom. The number of rotatable bonds is 4. The highest BCUT2D eigenvalue weighted by Crippen LogP contribution is 2.34. The number of carboxylic acid groups (broad SMARTS) is 1. The highest BCUT2D eigenvalue weighted by atomic mass is 16.4. The molecule has 0 unspecified atom stereocenters. The van der Waals surface area contributed by atoms with Crippen molar-refractivity contribution in [3.8, 4) is 0 Å². The number of hydrogen-bond acceptors (Lipinski definition) is 5. The first-order chi connectivity index (χ1) is 13.4. The van der Waals surface area contributed by atoms with E-state index >= 15 is 0 Å². The van der Waals surface area contributed by atoms with Crippen LogP contribution in [0.2, 0.25) is 0 Å². The van der Waals surface area contributed by atoms with E-state index in [9.17, 15) is 14.7 Å². The van der Waals surface area contributed by atoms with Crippen LogP contribution in [0.4, 0.5) is 11.5 Å². The lowest BCUT2D eigenvalue weighted by atomic mass is 9.95. The van der Waals surface area contributed by atoms with E-state index in [1.54, 1.807) is 11.1 Å². The number of pyridine rings is 1. The minimum atomic E-state index is -0.999. The Labute approximate surface area is 163 Å². The van der Waals surface area contributed by atoms with Crippen LogP contribution in [0, 0.1) is 0 Å². The molecule has 2 aliphatic heterocycles. The average Bonchev–Trinajstić information content (AvgIpc) is 3.26. The van der Waals surface area contributed by atoms with E-state index < -0.39 is 5.97 Å². The van der Waals surface area contributed by atoms with Crippen LogP contribution in [-0.2, 0) is 11.3 Å². The van der Waals surface area contributed by atoms with Gasteiger partial charge in [0.15, 0.2) is 5.69 Å². The number of carboxylic acids is 1. The third kappa shape index (κ3) is 3.02. The summed E-state index contributed by atoms with van der Waals surface area (Å²) in [6.45, 7) is 8.05. The number of aromatic nitrogens is 3. The molecule has 8 nitrogen and oxygen atoms in total. The molecule has 0 radical (unpaired) electrons. The van der Waals surface area contributed by atoms with Gasteiger partial charge in [-0.05, 0) is 32.4 Å². The number of anilines is 2. The molecule has 0 bridgehead atoms. The molecular weight excluding hydrogens is 358 g/mol. The Morgan fingerprint density at radius 2 is 2.11 bits per heavy atom. The standard InChI is InChI=1S/C20H25N5O3/c1-12(2)25-19-13(3)10-23(11-15(19)18(22-25)20(27)28)16-7-6-14(9-21-16)24-8-4-5-17(24)26/h6-7,9,12-13H,4-5,8,10-11H2,1-3H3,(H,27,28)/t13-/m0/s1. The quantitative estimate of drug-likeness (QED) is 0.873. The van der Waals surface area contributed by atoms with Crippen molar-refractivity contribution in [2.24, 2.45) is 0 Å². The molecule has 2 aromatic rings. The topological polar surface area (TPSA) is 91.6 Å². The van der Waals surface area contributed by atoms with Crippen molar-refractivity contribution < 1.29 is 14.7 Å². The predicted octanol–water partition coefficient (Wildman–Crippen LogP) is 2.81. The molecule has 2 aromatic heterocycles. The molecule has 1 atom stereocenters. The van der Waals surface area contributed by atoms with E-state index in [0.29, 0.717) is 13.0 Å². The number of fused-ring (bicyclic) bond motifs is 1. The van der Waals surface area contributed by atoms with E-state index in [-0.39, 0.29) is 23.6 Å². The molecule has 28 heavy (non-hydrogen) atoms. The Morgan fingerprint density at radius 1 is 1.32 bits per heavy atom. The SMILES string of the molecule is CC(C)n1nc(C(=O)O)c2c1[C@@H](C)CN(c1ccc(N3CCCC3=O)cn1)C2. The van der Waals surface area contributed by atoms with Gasteiger partial charge in [0.05, 0.1) is 11.9 Å². The number of nitrogens with zero attached hydrogens (tertiary/aromatic N) is 5. The minimum absolute atomic E-state index is 0.103. The second kappa shape index (κ2) is 6.92. The fourth-order valence-electron chi connectivity index (χ4n) is 4.22. The third-order valence-electron chi connectivity index (χ3n) is 5.49. The van der Waals surface area contributed by atoms with E-state index in [4.69, 9.17) is 0 Å². The highest BCUT2D eigenvalue weighted by molar-refractivity contribution is 5.95. The van der Waals surface area contributed by atoms with Gasteiger partial charge in [-0.25, -0.2) is 9.78 Å². The second-order valence-corrected chi connectivity index (χ2v) is 7.86. The Hall–Kier alpha value is -2.90. The summed E-state index contributed by atoms with van der Waals surface area (Å²) in [5, 5.41) is 14.0. The zero-order chi connectivity index (χ0) is 20.0. The van der Waals surface area contributed by atoms with Crippen molar-refractivity contribution in [2.45, 2.75) is 52.1 Å². The summed E-state index contributed by atoms with van der Waals surface area (Å²) in [6, 6.07) is 3.93. The second-order valence-electron chi connectivity index (χ2n) is 7.86. The van der Waals surface area contributed by atoms with Crippen LogP contribution >= 0.6 is 0 Å². The van der Waals surface area contributed by atoms with Crippen LogP contribution < -0.4 is 9.80 Å². The maximum Gasteiger partial charge on any atom is 0.356 e. The summed E-state index contributed by atoms with van der Waals surface area (Å²) in [5.74, 6) is 0.0495. The van der Waals surface area contributed by atoms with Crippen LogP contribution in [0.15, 0.2) is 18.3 Å². The van der Waals surface area contributed by atoms with Gasteiger partial charge in [0.1, 0.15) is 5.82 Å². The molecule has 0 aromatic carbocycles. The zero-order valence-corrected chi connectivity index (χ0v) is 16.4. The maximum atomic E-state index is 11.9. The minimum Gasteiger partial charge on any atom is -0.476 e. The monoisotopic (exact) mass is 383 g/mol. The number of hydrogen-bond donors (Lipinski definition) is 1. The van der Waals surface area contributed by atoms with Crippen molar-refractivity contribution in [1.29, 1.82) is 0 Å². The number of amides is 1. The van der Waals surface area contributed by atoms with Gasteiger partial charge in [-0.1, -0.05) is 6.92 Å². The Bertz CT molecular complexity index is 919. The van der Waals surface area contributed by atoms with Crippen LogP contribution in [-0.4, -0.2) is 44.8 Å². The molecule has 0 saturated carbocycles. The highest BCUT2D eigenvalue weighted by Gasteiger charge is 2.33. The number of aromatic carboxylic acids is 1. The van der Waals surface area contributed by atoms with E-state index in [2.05, 4.69) is 21.9 Å². The fraction of sp³-hybridized carbons (Fsp3) is 0.500. The van der Waals surface area contributed by atoms with Crippen molar-refractivity contribution in [1.82, 2.24) is 14.8 Å². The summed E-state index contributed by atoms with van der Waals surface area (Å²) in [6.07, 6.45) is 3.20. The molecule has 1 N–H and O–H groups in total. The molecule has 0 spiro atoms. The molecule has 1 saturated heterocycles. The number of carbonyl (C=O) groups is 2. The van der Waals surface area contributed by atoms with E-state index in [0.717, 1.165) is 42.3 Å². The lowest BCUT2D eigenvalue weighted by molar-refractivity contribution is -0.117. The average molecular weight is 383 g/mol. The Kier molecular flexibility index (Phi) is 4.56. The van der Waals surface area contributed by atoms with Crippen LogP contribution in [0.25, 0.3) is 0 Å². The normalized spacial score (nSPS) is 19.4. The number of carbonyl (C=O) groups excluding carboxylic acids is 1. The van der Waals surface area contributed by atoms with E-state index in [1.807, 2.05) is 30.7 Å². The van der Waals surface area contributed by atoms with Crippen LogP contribution in [0.5, 0.6) is 0 Å². The summed E-state index contributed by atoms with van der Waals surface area (Å²) in [7, 11) is 0. The maximum absolute atomic E-state index is 11.9. The lowest BCUT2D eigenvalue weighted by Crippen LogP contribution is -2.34. The molecule has 4 heterocycles. The van der Waals surface area contributed by atoms with Crippen molar-refractivity contribution in [2.75, 3.05) is 22.9 Å². The predicted molar refractivity (Wildman–Crippen MR) is 105 cm³/mol. The molecule has 1 fully saturated rings. The van der Waals surface area contributed by atoms with Crippen molar-refractivity contribution in [3.63, 3.8) is 0 Å². The Balaban J connectivity index is 1.64. The summed E-state index contributed by atoms with van der Waals surface area (Å²) >= 11 is 0. The molecule has 8 heteroatoms. The van der Waals surface area contributed by atoms with Gasteiger partial charge in [-0.3, -0.25) is 9.48 Å². The zero-order valence-electron chi connectivity index (χ0n) is 16.4. The van der Waals surface area contributed by atoms with Gasteiger partial charge in [0.25, 0.3) is 0 Å². The van der Waals surface area contributed by atoms with Crippen LogP contribution in [0.3, 0.4) is 0 Å². The molecule has 148 valence electrons. The largest absolute Gasteiger partial charge is 0.476 e. The smallest absolute Gasteiger partial charge is 0.356 e. The summed E-state index contributed by atoms with van der Waals surface area (Å²) < 4.78 is 1.84. The van der Waals surface area contributed by atoms with Gasteiger partial charge in [-0.15, -0.1) is 0 Å². The first kappa shape index (κ1) is 18.5. The van der Waals surface area contributed by atoms with Crippen molar-refractivity contribution in [3.05, 3.63) is 35.3 Å². The van der Waals surface area contributed by atoms with Gasteiger partial charge < -0.3 is 14.9 Å². The summed E-state index contributed by atoms with van der Waals surface area (Å²) in [4.78, 5) is 32.1. The molecule has 4 rings (SSSR count). The van der Waals surface area contributed by atoms with Crippen LogP contribution in [0.1, 0.15) is 67.3 Å². The van der Waals surface area contributed by atoms with E-state index in [1.165, 1.54) is 0 Å². The molecular formula is C20H25N5O3.